The Morgan fingerprint density at radius 3 is 2.78 bits per heavy atom. The van der Waals surface area contributed by atoms with E-state index in [1.807, 2.05) is 30.3 Å². The minimum absolute atomic E-state index is 0.197. The Morgan fingerprint density at radius 1 is 1.26 bits per heavy atom. The Hall–Kier alpha value is -1.79. The monoisotopic (exact) mass is 333 g/mol. The van der Waals surface area contributed by atoms with Crippen LogP contribution in [0.15, 0.2) is 30.3 Å². The van der Waals surface area contributed by atoms with Crippen LogP contribution in [0.4, 0.5) is 5.13 Å². The Balaban J connectivity index is 1.77. The molecule has 2 rings (SSSR count). The molecule has 1 heterocycles. The van der Waals surface area contributed by atoms with Gasteiger partial charge in [0, 0.05) is 6.42 Å². The lowest BCUT2D eigenvalue weighted by molar-refractivity contribution is -0.127. The molecule has 1 N–H and O–H groups in total. The van der Waals surface area contributed by atoms with Crippen LogP contribution in [-0.2, 0) is 22.6 Å². The molecule has 0 bridgehead atoms. The molecule has 5 nitrogen and oxygen atoms in total. The molecule has 0 spiro atoms. The molecule has 0 aliphatic rings. The summed E-state index contributed by atoms with van der Waals surface area (Å²) in [7, 11) is 0. The summed E-state index contributed by atoms with van der Waals surface area (Å²) in [6.45, 7) is 4.32. The maximum Gasteiger partial charge on any atom is 0.255 e. The number of anilines is 1. The van der Waals surface area contributed by atoms with Crippen LogP contribution in [0.25, 0.3) is 0 Å². The van der Waals surface area contributed by atoms with Crippen molar-refractivity contribution in [3.05, 3.63) is 40.9 Å². The number of ether oxygens (including phenoxy) is 1. The zero-order valence-corrected chi connectivity index (χ0v) is 14.4. The van der Waals surface area contributed by atoms with Crippen LogP contribution in [0.2, 0.25) is 0 Å². The van der Waals surface area contributed by atoms with Gasteiger partial charge in [0.15, 0.2) is 0 Å². The van der Waals surface area contributed by atoms with Crippen molar-refractivity contribution in [3.63, 3.8) is 0 Å². The fourth-order valence-corrected chi connectivity index (χ4v) is 2.79. The Kier molecular flexibility index (Phi) is 7.16. The third-order valence-corrected chi connectivity index (χ3v) is 4.30. The number of aryl methyl sites for hydroxylation is 1. The predicted molar refractivity (Wildman–Crippen MR) is 92.5 cm³/mol. The van der Waals surface area contributed by atoms with Crippen molar-refractivity contribution in [2.75, 3.05) is 5.32 Å². The van der Waals surface area contributed by atoms with Gasteiger partial charge in [0.1, 0.15) is 11.1 Å². The molecule has 1 amide bonds. The number of aromatic nitrogens is 2. The summed E-state index contributed by atoms with van der Waals surface area (Å²) >= 11 is 1.43. The van der Waals surface area contributed by atoms with Gasteiger partial charge >= 0.3 is 0 Å². The van der Waals surface area contributed by atoms with Gasteiger partial charge in [-0.25, -0.2) is 0 Å². The molecule has 1 atom stereocenters. The lowest BCUT2D eigenvalue weighted by Crippen LogP contribution is -2.27. The highest BCUT2D eigenvalue weighted by molar-refractivity contribution is 7.15. The summed E-state index contributed by atoms with van der Waals surface area (Å²) in [5, 5.41) is 12.4. The summed E-state index contributed by atoms with van der Waals surface area (Å²) in [6, 6.07) is 9.79. The van der Waals surface area contributed by atoms with Crippen LogP contribution in [0.3, 0.4) is 0 Å². The average Bonchev–Trinajstić information content (AvgIpc) is 3.01. The van der Waals surface area contributed by atoms with Crippen LogP contribution in [-0.4, -0.2) is 22.2 Å². The lowest BCUT2D eigenvalue weighted by Gasteiger charge is -2.11. The maximum absolute atomic E-state index is 12.1. The van der Waals surface area contributed by atoms with Crippen LogP contribution >= 0.6 is 11.3 Å². The van der Waals surface area contributed by atoms with E-state index in [0.717, 1.165) is 23.4 Å². The first-order valence-corrected chi connectivity index (χ1v) is 8.79. The number of nitrogens with zero attached hydrogens (tertiary/aromatic N) is 2. The van der Waals surface area contributed by atoms with Gasteiger partial charge < -0.3 is 4.74 Å². The molecule has 124 valence electrons. The average molecular weight is 333 g/mol. The topological polar surface area (TPSA) is 64.1 Å². The second-order valence-corrected chi connectivity index (χ2v) is 6.45. The number of benzene rings is 1. The van der Waals surface area contributed by atoms with E-state index in [2.05, 4.69) is 22.4 Å². The maximum atomic E-state index is 12.1. The van der Waals surface area contributed by atoms with Gasteiger partial charge in [-0.1, -0.05) is 61.4 Å². The number of rotatable bonds is 9. The van der Waals surface area contributed by atoms with E-state index < -0.39 is 6.10 Å². The minimum atomic E-state index is -0.539. The van der Waals surface area contributed by atoms with Gasteiger partial charge in [0.05, 0.1) is 6.61 Å². The zero-order chi connectivity index (χ0) is 16.5. The molecule has 23 heavy (non-hydrogen) atoms. The highest BCUT2D eigenvalue weighted by Crippen LogP contribution is 2.18. The van der Waals surface area contributed by atoms with E-state index in [-0.39, 0.29) is 5.91 Å². The first kappa shape index (κ1) is 17.6. The summed E-state index contributed by atoms with van der Waals surface area (Å²) in [5.74, 6) is -0.197. The molecule has 0 saturated carbocycles. The molecular weight excluding hydrogens is 310 g/mol. The second-order valence-electron chi connectivity index (χ2n) is 5.39. The third kappa shape index (κ3) is 6.08. The van der Waals surface area contributed by atoms with Crippen LogP contribution in [0, 0.1) is 0 Å². The molecule has 0 fully saturated rings. The van der Waals surface area contributed by atoms with Crippen molar-refractivity contribution in [1.82, 2.24) is 10.2 Å². The van der Waals surface area contributed by atoms with Crippen molar-refractivity contribution in [2.24, 2.45) is 0 Å². The molecule has 0 aliphatic heterocycles. The van der Waals surface area contributed by atoms with Gasteiger partial charge in [-0.2, -0.15) is 0 Å². The molecule has 0 aliphatic carbocycles. The number of hydrogen-bond donors (Lipinski definition) is 1. The molecule has 6 heteroatoms. The fraction of sp³-hybridized carbons (Fsp3) is 0.471. The number of unbranched alkanes of at least 4 members (excludes halogenated alkanes) is 2. The van der Waals surface area contributed by atoms with E-state index >= 15 is 0 Å². The van der Waals surface area contributed by atoms with E-state index in [1.165, 1.54) is 24.2 Å². The van der Waals surface area contributed by atoms with Crippen molar-refractivity contribution >= 4 is 22.4 Å². The number of amides is 1. The third-order valence-electron chi connectivity index (χ3n) is 3.40. The van der Waals surface area contributed by atoms with Crippen molar-refractivity contribution in [2.45, 2.75) is 52.2 Å². The minimum Gasteiger partial charge on any atom is -0.364 e. The molecular formula is C17H23N3O2S. The van der Waals surface area contributed by atoms with E-state index in [4.69, 9.17) is 4.74 Å². The van der Waals surface area contributed by atoms with Crippen LogP contribution < -0.4 is 5.32 Å². The summed E-state index contributed by atoms with van der Waals surface area (Å²) in [4.78, 5) is 12.1. The van der Waals surface area contributed by atoms with Gasteiger partial charge in [-0.15, -0.1) is 10.2 Å². The number of nitrogens with one attached hydrogen (secondary N) is 1. The van der Waals surface area contributed by atoms with E-state index in [1.54, 1.807) is 6.92 Å². The normalized spacial score (nSPS) is 12.1. The summed E-state index contributed by atoms with van der Waals surface area (Å²) in [6.07, 6.45) is 3.85. The molecule has 0 unspecified atom stereocenters. The fourth-order valence-electron chi connectivity index (χ4n) is 2.01. The number of carbonyl (C=O) groups is 1. The van der Waals surface area contributed by atoms with Gasteiger partial charge in [0.2, 0.25) is 5.13 Å². The molecule has 2 aromatic rings. The van der Waals surface area contributed by atoms with Crippen molar-refractivity contribution < 1.29 is 9.53 Å². The largest absolute Gasteiger partial charge is 0.364 e. The Morgan fingerprint density at radius 2 is 2.04 bits per heavy atom. The highest BCUT2D eigenvalue weighted by atomic mass is 32.1. The van der Waals surface area contributed by atoms with Crippen LogP contribution in [0.5, 0.6) is 0 Å². The predicted octanol–water partition coefficient (Wildman–Crippen LogP) is 3.81. The molecule has 1 aromatic carbocycles. The quantitative estimate of drug-likeness (QED) is 0.709. The Bertz CT molecular complexity index is 601. The SMILES string of the molecule is CCCCCc1nnc(NC(=O)[C@@H](C)OCc2ccccc2)s1. The smallest absolute Gasteiger partial charge is 0.255 e. The molecule has 1 aromatic heterocycles. The molecule has 0 saturated heterocycles. The van der Waals surface area contributed by atoms with Crippen molar-refractivity contribution in [1.29, 1.82) is 0 Å². The van der Waals surface area contributed by atoms with Crippen LogP contribution in [0.1, 0.15) is 43.7 Å². The van der Waals surface area contributed by atoms with Gasteiger partial charge in [-0.3, -0.25) is 10.1 Å². The second kappa shape index (κ2) is 9.37. The highest BCUT2D eigenvalue weighted by Gasteiger charge is 2.16. The van der Waals surface area contributed by atoms with E-state index in [9.17, 15) is 4.79 Å². The lowest BCUT2D eigenvalue weighted by atomic mass is 10.2. The molecule has 0 radical (unpaired) electrons. The number of hydrogen-bond acceptors (Lipinski definition) is 5. The standard InChI is InChI=1S/C17H23N3O2S/c1-3-4-6-11-15-19-20-17(23-15)18-16(21)13(2)22-12-14-9-7-5-8-10-14/h5,7-10,13H,3-4,6,11-12H2,1-2H3,(H,18,20,21)/t13-/m1/s1. The van der Waals surface area contributed by atoms with E-state index in [0.29, 0.717) is 11.7 Å². The Labute approximate surface area is 141 Å². The first-order valence-electron chi connectivity index (χ1n) is 7.97. The van der Waals surface area contributed by atoms with Gasteiger partial charge in [0.25, 0.3) is 5.91 Å². The first-order chi connectivity index (χ1) is 11.2. The summed E-state index contributed by atoms with van der Waals surface area (Å²) < 4.78 is 5.59. The van der Waals surface area contributed by atoms with Crippen molar-refractivity contribution in [3.8, 4) is 0 Å². The summed E-state index contributed by atoms with van der Waals surface area (Å²) in [5.41, 5.74) is 1.04. The van der Waals surface area contributed by atoms with Gasteiger partial charge in [-0.05, 0) is 18.9 Å². The zero-order valence-electron chi connectivity index (χ0n) is 13.6. The number of carbonyl (C=O) groups excluding carboxylic acids is 1.